The number of rotatable bonds is 7. The van der Waals surface area contributed by atoms with Crippen molar-refractivity contribution in [3.8, 4) is 0 Å². The van der Waals surface area contributed by atoms with Gasteiger partial charge in [0.25, 0.3) is 0 Å². The highest BCUT2D eigenvalue weighted by molar-refractivity contribution is 8.16. The predicted molar refractivity (Wildman–Crippen MR) is 85.2 cm³/mol. The first-order valence-electron chi connectivity index (χ1n) is 6.49. The Hall–Kier alpha value is 1.01. The van der Waals surface area contributed by atoms with Crippen molar-refractivity contribution in [1.29, 1.82) is 0 Å². The van der Waals surface area contributed by atoms with Crippen LogP contribution in [-0.4, -0.2) is 34.4 Å². The third-order valence-electron chi connectivity index (χ3n) is 2.82. The first kappa shape index (κ1) is 16.1. The van der Waals surface area contributed by atoms with Crippen molar-refractivity contribution >= 4 is 35.3 Å². The van der Waals surface area contributed by atoms with Crippen molar-refractivity contribution in [1.82, 2.24) is 0 Å². The minimum Gasteiger partial charge on any atom is -0.368 e. The van der Waals surface area contributed by atoms with Gasteiger partial charge in [-0.2, -0.15) is 11.8 Å². The summed E-state index contributed by atoms with van der Waals surface area (Å²) in [6, 6.07) is 0. The van der Waals surface area contributed by atoms with Crippen molar-refractivity contribution < 1.29 is 4.74 Å². The van der Waals surface area contributed by atoms with Gasteiger partial charge in [-0.15, -0.1) is 23.5 Å². The largest absolute Gasteiger partial charge is 0.368 e. The van der Waals surface area contributed by atoms with E-state index in [4.69, 9.17) is 4.74 Å². The fourth-order valence-electron chi connectivity index (χ4n) is 1.75. The molecule has 1 rings (SSSR count). The number of ether oxygens (including phenoxy) is 1. The van der Waals surface area contributed by atoms with Crippen LogP contribution in [0.15, 0.2) is 0 Å². The molecule has 0 aromatic rings. The molecule has 0 aromatic heterocycles. The lowest BCUT2D eigenvalue weighted by Crippen LogP contribution is -2.23. The van der Waals surface area contributed by atoms with E-state index in [2.05, 4.69) is 38.8 Å². The van der Waals surface area contributed by atoms with Crippen molar-refractivity contribution in [3.05, 3.63) is 0 Å². The number of thioether (sulfide) groups is 3. The van der Waals surface area contributed by atoms with Crippen molar-refractivity contribution in [3.63, 3.8) is 0 Å². The lowest BCUT2D eigenvalue weighted by Gasteiger charge is -2.27. The molecule has 1 saturated heterocycles. The molecule has 4 heteroatoms. The Kier molecular flexibility index (Phi) is 8.51. The molecule has 0 amide bonds. The maximum atomic E-state index is 5.70. The third-order valence-corrected chi connectivity index (χ3v) is 7.31. The standard InChI is InChI=1S/C13H26OS3/c1-10(2)8-17-13(15-4)6-5-12-7-14-11(3)16-9-12/h10-13H,5-9H2,1-4H3/t11?,12?,13-/m0/s1. The zero-order valence-electron chi connectivity index (χ0n) is 11.5. The molecule has 0 aromatic carbocycles. The van der Waals surface area contributed by atoms with Gasteiger partial charge in [-0.25, -0.2) is 0 Å². The SMILES string of the molecule is CS[C@H](CCC1COC(C)SC1)SCC(C)C. The third kappa shape index (κ3) is 7.24. The summed E-state index contributed by atoms with van der Waals surface area (Å²) in [5.74, 6) is 4.17. The summed E-state index contributed by atoms with van der Waals surface area (Å²) in [6.45, 7) is 7.74. The van der Waals surface area contributed by atoms with Gasteiger partial charge in [0.15, 0.2) is 0 Å². The molecule has 2 unspecified atom stereocenters. The molecular weight excluding hydrogens is 268 g/mol. The van der Waals surface area contributed by atoms with Gasteiger partial charge in [-0.3, -0.25) is 0 Å². The van der Waals surface area contributed by atoms with E-state index in [1.165, 1.54) is 24.3 Å². The molecule has 17 heavy (non-hydrogen) atoms. The van der Waals surface area contributed by atoms with Gasteiger partial charge in [0.2, 0.25) is 0 Å². The highest BCUT2D eigenvalue weighted by Crippen LogP contribution is 2.32. The minimum absolute atomic E-state index is 0.415. The smallest absolute Gasteiger partial charge is 0.0999 e. The number of hydrogen-bond acceptors (Lipinski definition) is 4. The molecule has 3 atom stereocenters. The van der Waals surface area contributed by atoms with Gasteiger partial charge < -0.3 is 4.74 Å². The molecule has 0 radical (unpaired) electrons. The maximum absolute atomic E-state index is 5.70. The fourth-order valence-corrected chi connectivity index (χ4v) is 4.78. The lowest BCUT2D eigenvalue weighted by molar-refractivity contribution is 0.0834. The molecule has 0 saturated carbocycles. The molecule has 102 valence electrons. The summed E-state index contributed by atoms with van der Waals surface area (Å²) in [4.78, 5) is 0. The molecule has 1 fully saturated rings. The second-order valence-electron chi connectivity index (χ2n) is 5.07. The first-order valence-corrected chi connectivity index (χ1v) is 9.88. The normalized spacial score (nSPS) is 27.4. The van der Waals surface area contributed by atoms with Crippen molar-refractivity contribution in [2.45, 2.75) is 43.6 Å². The van der Waals surface area contributed by atoms with E-state index in [1.807, 2.05) is 23.5 Å². The topological polar surface area (TPSA) is 9.23 Å². The Morgan fingerprint density at radius 3 is 2.71 bits per heavy atom. The molecule has 0 bridgehead atoms. The second-order valence-corrected chi connectivity index (χ2v) is 8.98. The predicted octanol–water partition coefficient (Wildman–Crippen LogP) is 4.57. The van der Waals surface area contributed by atoms with Crippen LogP contribution in [0.3, 0.4) is 0 Å². The minimum atomic E-state index is 0.415. The summed E-state index contributed by atoms with van der Waals surface area (Å²) in [6.07, 6.45) is 4.91. The zero-order valence-corrected chi connectivity index (χ0v) is 13.9. The molecule has 0 N–H and O–H groups in total. The molecule has 0 aliphatic carbocycles. The molecule has 1 aliphatic heterocycles. The van der Waals surface area contributed by atoms with E-state index in [0.29, 0.717) is 5.44 Å². The van der Waals surface area contributed by atoms with Crippen LogP contribution in [0.5, 0.6) is 0 Å². The van der Waals surface area contributed by atoms with Crippen LogP contribution in [0.2, 0.25) is 0 Å². The summed E-state index contributed by atoms with van der Waals surface area (Å²) < 4.78 is 6.48. The zero-order chi connectivity index (χ0) is 12.7. The van der Waals surface area contributed by atoms with Crippen molar-refractivity contribution in [2.75, 3.05) is 24.4 Å². The van der Waals surface area contributed by atoms with Crippen LogP contribution in [0.25, 0.3) is 0 Å². The van der Waals surface area contributed by atoms with Crippen LogP contribution in [0.4, 0.5) is 0 Å². The molecule has 0 spiro atoms. The highest BCUT2D eigenvalue weighted by Gasteiger charge is 2.20. The summed E-state index contributed by atoms with van der Waals surface area (Å²) in [7, 11) is 0. The Morgan fingerprint density at radius 1 is 1.41 bits per heavy atom. The van der Waals surface area contributed by atoms with E-state index in [0.717, 1.165) is 23.0 Å². The second kappa shape index (κ2) is 9.00. The molecule has 1 nitrogen and oxygen atoms in total. The quantitative estimate of drug-likeness (QED) is 0.636. The van der Waals surface area contributed by atoms with Gasteiger partial charge in [-0.1, -0.05) is 13.8 Å². The van der Waals surface area contributed by atoms with Crippen LogP contribution < -0.4 is 0 Å². The summed E-state index contributed by atoms with van der Waals surface area (Å²) in [5, 5.41) is 0. The van der Waals surface area contributed by atoms with Gasteiger partial charge in [0.05, 0.1) is 12.0 Å². The fraction of sp³-hybridized carbons (Fsp3) is 1.00. The van der Waals surface area contributed by atoms with E-state index in [-0.39, 0.29) is 0 Å². The molecule has 1 aliphatic rings. The van der Waals surface area contributed by atoms with E-state index in [9.17, 15) is 0 Å². The van der Waals surface area contributed by atoms with Crippen molar-refractivity contribution in [2.24, 2.45) is 11.8 Å². The van der Waals surface area contributed by atoms with E-state index < -0.39 is 0 Å². The molecular formula is C13H26OS3. The van der Waals surface area contributed by atoms with E-state index in [1.54, 1.807) is 0 Å². The Balaban J connectivity index is 2.14. The summed E-state index contributed by atoms with van der Waals surface area (Å²) >= 11 is 6.12. The van der Waals surface area contributed by atoms with Crippen LogP contribution >= 0.6 is 35.3 Å². The Morgan fingerprint density at radius 2 is 2.18 bits per heavy atom. The monoisotopic (exact) mass is 294 g/mol. The Bertz CT molecular complexity index is 191. The summed E-state index contributed by atoms with van der Waals surface area (Å²) in [5.41, 5.74) is 0.415. The van der Waals surface area contributed by atoms with Gasteiger partial charge in [0, 0.05) is 10.3 Å². The van der Waals surface area contributed by atoms with Crippen LogP contribution in [-0.2, 0) is 4.74 Å². The van der Waals surface area contributed by atoms with Gasteiger partial charge in [0.1, 0.15) is 0 Å². The molecule has 1 heterocycles. The Labute approximate surface area is 120 Å². The number of hydrogen-bond donors (Lipinski definition) is 0. The average molecular weight is 295 g/mol. The van der Waals surface area contributed by atoms with Gasteiger partial charge in [-0.05, 0) is 43.6 Å². The van der Waals surface area contributed by atoms with E-state index >= 15 is 0 Å². The average Bonchev–Trinajstić information content (AvgIpc) is 2.31. The van der Waals surface area contributed by atoms with Crippen LogP contribution in [0.1, 0.15) is 33.6 Å². The first-order chi connectivity index (χ1) is 8.11. The highest BCUT2D eigenvalue weighted by atomic mass is 32.2. The lowest BCUT2D eigenvalue weighted by atomic mass is 10.1. The van der Waals surface area contributed by atoms with Gasteiger partial charge >= 0.3 is 0 Å². The van der Waals surface area contributed by atoms with Crippen LogP contribution in [0, 0.1) is 11.8 Å². The maximum Gasteiger partial charge on any atom is 0.0999 e.